The summed E-state index contributed by atoms with van der Waals surface area (Å²) in [5.74, 6) is 0.208. The maximum absolute atomic E-state index is 12.3. The third-order valence-corrected chi connectivity index (χ3v) is 6.47. The zero-order valence-electron chi connectivity index (χ0n) is 11.0. The van der Waals surface area contributed by atoms with E-state index in [9.17, 15) is 18.0 Å². The van der Waals surface area contributed by atoms with Gasteiger partial charge in [-0.2, -0.15) is 16.1 Å². The van der Waals surface area contributed by atoms with Crippen LogP contribution in [-0.4, -0.2) is 77.5 Å². The van der Waals surface area contributed by atoms with E-state index in [0.29, 0.717) is 25.3 Å². The van der Waals surface area contributed by atoms with Crippen molar-refractivity contribution in [3.05, 3.63) is 0 Å². The molecule has 0 radical (unpaired) electrons. The van der Waals surface area contributed by atoms with Crippen LogP contribution in [0.5, 0.6) is 0 Å². The summed E-state index contributed by atoms with van der Waals surface area (Å²) >= 11 is 1.62. The van der Waals surface area contributed by atoms with Gasteiger partial charge in [-0.3, -0.25) is 9.59 Å². The molecule has 9 heteroatoms. The lowest BCUT2D eigenvalue weighted by atomic mass is 10.2. The van der Waals surface area contributed by atoms with Crippen molar-refractivity contribution in [2.75, 3.05) is 36.9 Å². The van der Waals surface area contributed by atoms with Crippen LogP contribution in [0.25, 0.3) is 0 Å². The van der Waals surface area contributed by atoms with Crippen LogP contribution in [0.3, 0.4) is 0 Å². The monoisotopic (exact) mass is 322 g/mol. The molecule has 1 unspecified atom stereocenters. The highest BCUT2D eigenvalue weighted by Crippen LogP contribution is 2.20. The summed E-state index contributed by atoms with van der Waals surface area (Å²) in [7, 11) is -3.30. The van der Waals surface area contributed by atoms with Crippen molar-refractivity contribution in [2.45, 2.75) is 18.9 Å². The number of rotatable bonds is 4. The van der Waals surface area contributed by atoms with Gasteiger partial charge in [0.2, 0.25) is 15.9 Å². The van der Waals surface area contributed by atoms with Crippen molar-refractivity contribution in [3.8, 4) is 0 Å². The summed E-state index contributed by atoms with van der Waals surface area (Å²) in [5, 5.41) is 8.88. The summed E-state index contributed by atoms with van der Waals surface area (Å²) in [6, 6.07) is -0.343. The largest absolute Gasteiger partial charge is 0.481 e. The van der Waals surface area contributed by atoms with Crippen LogP contribution >= 0.6 is 11.8 Å². The minimum Gasteiger partial charge on any atom is -0.481 e. The van der Waals surface area contributed by atoms with Crippen LogP contribution in [0, 0.1) is 0 Å². The van der Waals surface area contributed by atoms with E-state index in [4.69, 9.17) is 5.11 Å². The lowest BCUT2D eigenvalue weighted by Gasteiger charge is -2.35. The van der Waals surface area contributed by atoms with Gasteiger partial charge in [0.15, 0.2) is 0 Å². The third-order valence-electron chi connectivity index (χ3n) is 3.47. The molecule has 1 amide bonds. The Morgan fingerprint density at radius 1 is 1.30 bits per heavy atom. The number of sulfonamides is 1. The Morgan fingerprint density at radius 2 is 2.05 bits per heavy atom. The van der Waals surface area contributed by atoms with Gasteiger partial charge < -0.3 is 10.0 Å². The predicted octanol–water partition coefficient (Wildman–Crippen LogP) is -0.559. The first-order valence-electron chi connectivity index (χ1n) is 6.47. The van der Waals surface area contributed by atoms with Gasteiger partial charge in [-0.25, -0.2) is 8.42 Å². The smallest absolute Gasteiger partial charge is 0.305 e. The number of carbonyl (C=O) groups excluding carboxylic acids is 1. The second-order valence-corrected chi connectivity index (χ2v) is 8.16. The van der Waals surface area contributed by atoms with E-state index < -0.39 is 16.0 Å². The molecule has 0 aromatic carbocycles. The molecule has 20 heavy (non-hydrogen) atoms. The molecule has 2 aliphatic rings. The summed E-state index contributed by atoms with van der Waals surface area (Å²) in [4.78, 5) is 24.6. The van der Waals surface area contributed by atoms with Crippen molar-refractivity contribution in [1.82, 2.24) is 9.21 Å². The fourth-order valence-corrected chi connectivity index (χ4v) is 4.99. The molecule has 0 spiro atoms. The number of hydrogen-bond acceptors (Lipinski definition) is 5. The van der Waals surface area contributed by atoms with Crippen LogP contribution in [0.2, 0.25) is 0 Å². The Labute approximate surface area is 122 Å². The molecule has 2 heterocycles. The molecule has 2 fully saturated rings. The molecule has 2 saturated heterocycles. The lowest BCUT2D eigenvalue weighted by molar-refractivity contribution is -0.140. The van der Waals surface area contributed by atoms with Gasteiger partial charge >= 0.3 is 5.97 Å². The summed E-state index contributed by atoms with van der Waals surface area (Å²) in [5.41, 5.74) is 0. The number of hydrogen-bond donors (Lipinski definition) is 1. The molecule has 1 N–H and O–H groups in total. The molecule has 114 valence electrons. The molecule has 2 aliphatic heterocycles. The van der Waals surface area contributed by atoms with Gasteiger partial charge in [-0.15, -0.1) is 0 Å². The second kappa shape index (κ2) is 6.31. The Kier molecular flexibility index (Phi) is 4.92. The Hall–Kier alpha value is -0.800. The first-order valence-corrected chi connectivity index (χ1v) is 9.23. The highest BCUT2D eigenvalue weighted by Gasteiger charge is 2.34. The van der Waals surface area contributed by atoms with Crippen LogP contribution in [-0.2, 0) is 19.6 Å². The highest BCUT2D eigenvalue weighted by atomic mass is 32.2. The van der Waals surface area contributed by atoms with E-state index in [-0.39, 0.29) is 30.7 Å². The molecule has 0 aliphatic carbocycles. The number of carbonyl (C=O) groups is 2. The number of nitrogens with zero attached hydrogens (tertiary/aromatic N) is 2. The quantitative estimate of drug-likeness (QED) is 0.745. The van der Waals surface area contributed by atoms with E-state index in [2.05, 4.69) is 0 Å². The summed E-state index contributed by atoms with van der Waals surface area (Å²) in [6.07, 6.45) is 0.454. The average molecular weight is 322 g/mol. The average Bonchev–Trinajstić information content (AvgIpc) is 2.68. The number of carboxylic acid groups (broad SMARTS) is 1. The SMILES string of the molecule is O=C(O)CC1CSCCN1C(=O)CN1CCCS1(=O)=O. The number of carboxylic acids is 1. The summed E-state index contributed by atoms with van der Waals surface area (Å²) < 4.78 is 24.6. The van der Waals surface area contributed by atoms with Crippen molar-refractivity contribution in [3.63, 3.8) is 0 Å². The standard InChI is InChI=1S/C11H18N2O5S2/c14-10(7-12-2-1-5-20(12,17)18)13-3-4-19-8-9(13)6-11(15)16/h9H,1-8H2,(H,15,16). The van der Waals surface area contributed by atoms with E-state index in [1.165, 1.54) is 9.21 Å². The van der Waals surface area contributed by atoms with E-state index >= 15 is 0 Å². The molecule has 0 bridgehead atoms. The van der Waals surface area contributed by atoms with E-state index in [1.54, 1.807) is 11.8 Å². The predicted molar refractivity (Wildman–Crippen MR) is 75.1 cm³/mol. The normalized spacial score (nSPS) is 26.6. The van der Waals surface area contributed by atoms with Crippen LogP contribution in [0.4, 0.5) is 0 Å². The zero-order valence-corrected chi connectivity index (χ0v) is 12.7. The molecule has 2 rings (SSSR count). The first-order chi connectivity index (χ1) is 9.40. The highest BCUT2D eigenvalue weighted by molar-refractivity contribution is 7.99. The molecule has 0 saturated carbocycles. The molecule has 0 aromatic rings. The van der Waals surface area contributed by atoms with E-state index in [0.717, 1.165) is 5.75 Å². The Bertz CT molecular complexity index is 493. The maximum Gasteiger partial charge on any atom is 0.305 e. The van der Waals surface area contributed by atoms with Crippen LogP contribution in [0.1, 0.15) is 12.8 Å². The van der Waals surface area contributed by atoms with Gasteiger partial charge in [0.05, 0.1) is 24.8 Å². The number of aliphatic carboxylic acids is 1. The fourth-order valence-electron chi connectivity index (χ4n) is 2.46. The molecule has 1 atom stereocenters. The number of thioether (sulfide) groups is 1. The Balaban J connectivity index is 2.01. The van der Waals surface area contributed by atoms with Crippen molar-refractivity contribution >= 4 is 33.7 Å². The number of amides is 1. The molecule has 0 aromatic heterocycles. The van der Waals surface area contributed by atoms with Gasteiger partial charge in [0, 0.05) is 24.6 Å². The maximum atomic E-state index is 12.3. The first kappa shape index (κ1) is 15.6. The third kappa shape index (κ3) is 3.64. The summed E-state index contributed by atoms with van der Waals surface area (Å²) in [6.45, 7) is 0.693. The van der Waals surface area contributed by atoms with Crippen LogP contribution < -0.4 is 0 Å². The van der Waals surface area contributed by atoms with Gasteiger partial charge in [0.1, 0.15) is 0 Å². The minimum atomic E-state index is -3.30. The zero-order chi connectivity index (χ0) is 14.8. The van der Waals surface area contributed by atoms with Gasteiger partial charge in [0.25, 0.3) is 0 Å². The molecular weight excluding hydrogens is 304 g/mol. The Morgan fingerprint density at radius 3 is 2.65 bits per heavy atom. The minimum absolute atomic E-state index is 0.0918. The fraction of sp³-hybridized carbons (Fsp3) is 0.818. The van der Waals surface area contributed by atoms with Gasteiger partial charge in [-0.05, 0) is 6.42 Å². The topological polar surface area (TPSA) is 95.0 Å². The molecule has 7 nitrogen and oxygen atoms in total. The van der Waals surface area contributed by atoms with E-state index in [1.807, 2.05) is 0 Å². The van der Waals surface area contributed by atoms with Crippen molar-refractivity contribution in [2.24, 2.45) is 0 Å². The van der Waals surface area contributed by atoms with Crippen molar-refractivity contribution < 1.29 is 23.1 Å². The van der Waals surface area contributed by atoms with Crippen LogP contribution in [0.15, 0.2) is 0 Å². The lowest BCUT2D eigenvalue weighted by Crippen LogP contribution is -2.50. The molecular formula is C11H18N2O5S2. The van der Waals surface area contributed by atoms with Crippen molar-refractivity contribution in [1.29, 1.82) is 0 Å². The second-order valence-electron chi connectivity index (χ2n) is 4.92. The van der Waals surface area contributed by atoms with Gasteiger partial charge in [-0.1, -0.05) is 0 Å².